The van der Waals surface area contributed by atoms with Crippen LogP contribution in [0.4, 0.5) is 10.5 Å². The molecule has 1 aromatic rings. The Labute approximate surface area is 102 Å². The zero-order valence-electron chi connectivity index (χ0n) is 10.7. The van der Waals surface area contributed by atoms with Crippen LogP contribution in [0.2, 0.25) is 0 Å². The van der Waals surface area contributed by atoms with Gasteiger partial charge in [0.2, 0.25) is 0 Å². The second-order valence-electron chi connectivity index (χ2n) is 4.68. The number of hydrogen-bond acceptors (Lipinski definition) is 2. The molecule has 0 aromatic heterocycles. The molecule has 0 bridgehead atoms. The highest BCUT2D eigenvalue weighted by Crippen LogP contribution is 2.27. The largest absolute Gasteiger partial charge is 0.506 e. The first-order valence-corrected chi connectivity index (χ1v) is 5.80. The fraction of sp³-hybridized carbons (Fsp3) is 0.462. The number of aromatic hydroxyl groups is 1. The first kappa shape index (κ1) is 13.4. The molecule has 0 fully saturated rings. The molecule has 0 aliphatic heterocycles. The molecule has 3 N–H and O–H groups in total. The highest BCUT2D eigenvalue weighted by Gasteiger charge is 2.08. The molecule has 1 aromatic carbocycles. The molecule has 0 radical (unpaired) electrons. The number of hydrogen-bond donors (Lipinski definition) is 3. The summed E-state index contributed by atoms with van der Waals surface area (Å²) < 4.78 is 0. The van der Waals surface area contributed by atoms with E-state index in [1.807, 2.05) is 33.8 Å². The molecule has 94 valence electrons. The topological polar surface area (TPSA) is 61.4 Å². The van der Waals surface area contributed by atoms with Gasteiger partial charge in [-0.3, -0.25) is 0 Å². The predicted molar refractivity (Wildman–Crippen MR) is 69.5 cm³/mol. The van der Waals surface area contributed by atoms with Crippen molar-refractivity contribution in [2.45, 2.75) is 39.7 Å². The second-order valence-corrected chi connectivity index (χ2v) is 4.68. The smallest absolute Gasteiger partial charge is 0.319 e. The van der Waals surface area contributed by atoms with Crippen molar-refractivity contribution in [3.05, 3.63) is 23.8 Å². The number of amides is 2. The van der Waals surface area contributed by atoms with E-state index in [9.17, 15) is 9.90 Å². The zero-order valence-corrected chi connectivity index (χ0v) is 10.7. The summed E-state index contributed by atoms with van der Waals surface area (Å²) in [5.74, 6) is 0.439. The minimum atomic E-state index is -0.312. The average molecular weight is 236 g/mol. The van der Waals surface area contributed by atoms with Crippen molar-refractivity contribution < 1.29 is 9.90 Å². The zero-order chi connectivity index (χ0) is 13.0. The van der Waals surface area contributed by atoms with E-state index in [4.69, 9.17) is 0 Å². The van der Waals surface area contributed by atoms with Crippen LogP contribution < -0.4 is 10.6 Å². The molecular weight excluding hydrogens is 216 g/mol. The van der Waals surface area contributed by atoms with Gasteiger partial charge in [0.1, 0.15) is 5.75 Å². The van der Waals surface area contributed by atoms with E-state index in [0.717, 1.165) is 5.56 Å². The van der Waals surface area contributed by atoms with Crippen molar-refractivity contribution in [3.63, 3.8) is 0 Å². The molecule has 17 heavy (non-hydrogen) atoms. The molecule has 0 saturated carbocycles. The molecule has 0 saturated heterocycles. The Hall–Kier alpha value is -1.71. The van der Waals surface area contributed by atoms with E-state index >= 15 is 0 Å². The van der Waals surface area contributed by atoms with Gasteiger partial charge in [0.25, 0.3) is 0 Å². The lowest BCUT2D eigenvalue weighted by molar-refractivity contribution is 0.250. The minimum absolute atomic E-state index is 0.0621. The Bertz CT molecular complexity index is 400. The van der Waals surface area contributed by atoms with Crippen molar-refractivity contribution in [2.24, 2.45) is 0 Å². The van der Waals surface area contributed by atoms with Gasteiger partial charge in [-0.25, -0.2) is 4.79 Å². The van der Waals surface area contributed by atoms with Crippen molar-refractivity contribution in [2.75, 3.05) is 5.32 Å². The fourth-order valence-corrected chi connectivity index (χ4v) is 1.43. The monoisotopic (exact) mass is 236 g/mol. The van der Waals surface area contributed by atoms with Gasteiger partial charge in [-0.1, -0.05) is 19.9 Å². The van der Waals surface area contributed by atoms with Gasteiger partial charge in [-0.2, -0.15) is 0 Å². The van der Waals surface area contributed by atoms with Gasteiger partial charge in [-0.15, -0.1) is 0 Å². The van der Waals surface area contributed by atoms with Crippen LogP contribution in [0.15, 0.2) is 18.2 Å². The van der Waals surface area contributed by atoms with Gasteiger partial charge in [0.15, 0.2) is 0 Å². The van der Waals surface area contributed by atoms with E-state index in [1.54, 1.807) is 12.1 Å². The SMILES string of the molecule is CC(C)NC(=O)Nc1ccc(C(C)C)cc1O. The van der Waals surface area contributed by atoms with Crippen molar-refractivity contribution in [1.29, 1.82) is 0 Å². The van der Waals surface area contributed by atoms with Crippen LogP contribution in [-0.2, 0) is 0 Å². The third kappa shape index (κ3) is 3.98. The Morgan fingerprint density at radius 2 is 1.88 bits per heavy atom. The number of carbonyl (C=O) groups excluding carboxylic acids is 1. The lowest BCUT2D eigenvalue weighted by Crippen LogP contribution is -2.34. The van der Waals surface area contributed by atoms with Crippen LogP contribution in [0.3, 0.4) is 0 Å². The number of nitrogens with one attached hydrogen (secondary N) is 2. The van der Waals surface area contributed by atoms with E-state index in [1.165, 1.54) is 0 Å². The van der Waals surface area contributed by atoms with E-state index in [-0.39, 0.29) is 17.8 Å². The maximum absolute atomic E-state index is 11.5. The quantitative estimate of drug-likeness (QED) is 0.706. The Kier molecular flexibility index (Phi) is 4.37. The molecule has 0 atom stereocenters. The van der Waals surface area contributed by atoms with Crippen LogP contribution in [-0.4, -0.2) is 17.2 Å². The van der Waals surface area contributed by atoms with Crippen LogP contribution in [0.1, 0.15) is 39.2 Å². The highest BCUT2D eigenvalue weighted by atomic mass is 16.3. The lowest BCUT2D eigenvalue weighted by Gasteiger charge is -2.13. The average Bonchev–Trinajstić information content (AvgIpc) is 2.19. The van der Waals surface area contributed by atoms with Gasteiger partial charge in [-0.05, 0) is 37.5 Å². The minimum Gasteiger partial charge on any atom is -0.506 e. The molecule has 0 aliphatic carbocycles. The maximum atomic E-state index is 11.5. The summed E-state index contributed by atoms with van der Waals surface area (Å²) in [6.07, 6.45) is 0. The molecular formula is C13H20N2O2. The number of urea groups is 1. The van der Waals surface area contributed by atoms with Crippen LogP contribution in [0.25, 0.3) is 0 Å². The van der Waals surface area contributed by atoms with Crippen molar-refractivity contribution >= 4 is 11.7 Å². The Morgan fingerprint density at radius 1 is 1.24 bits per heavy atom. The molecule has 0 aliphatic rings. The molecule has 0 heterocycles. The molecule has 1 rings (SSSR count). The Balaban J connectivity index is 2.76. The fourth-order valence-electron chi connectivity index (χ4n) is 1.43. The normalized spacial score (nSPS) is 10.7. The number of phenols is 1. The lowest BCUT2D eigenvalue weighted by atomic mass is 10.0. The molecule has 2 amide bonds. The number of anilines is 1. The summed E-state index contributed by atoms with van der Waals surface area (Å²) in [7, 11) is 0. The maximum Gasteiger partial charge on any atom is 0.319 e. The molecule has 0 spiro atoms. The summed E-state index contributed by atoms with van der Waals surface area (Å²) in [5.41, 5.74) is 1.46. The third-order valence-electron chi connectivity index (χ3n) is 2.36. The van der Waals surface area contributed by atoms with E-state index in [0.29, 0.717) is 11.6 Å². The number of carbonyl (C=O) groups is 1. The number of rotatable bonds is 3. The van der Waals surface area contributed by atoms with Gasteiger partial charge >= 0.3 is 6.03 Å². The van der Waals surface area contributed by atoms with Crippen molar-refractivity contribution in [1.82, 2.24) is 5.32 Å². The van der Waals surface area contributed by atoms with Crippen LogP contribution in [0.5, 0.6) is 5.75 Å². The molecule has 0 unspecified atom stereocenters. The molecule has 4 heteroatoms. The summed E-state index contributed by atoms with van der Waals surface area (Å²) in [4.78, 5) is 11.5. The number of benzene rings is 1. The number of phenolic OH excluding ortho intramolecular Hbond substituents is 1. The highest BCUT2D eigenvalue weighted by molar-refractivity contribution is 5.91. The first-order chi connectivity index (χ1) is 7.90. The van der Waals surface area contributed by atoms with Gasteiger partial charge in [0.05, 0.1) is 5.69 Å². The summed E-state index contributed by atoms with van der Waals surface area (Å²) in [6, 6.07) is 5.04. The Morgan fingerprint density at radius 3 is 2.35 bits per heavy atom. The summed E-state index contributed by atoms with van der Waals surface area (Å²) in [6.45, 7) is 7.85. The standard InChI is InChI=1S/C13H20N2O2/c1-8(2)10-5-6-11(12(16)7-10)15-13(17)14-9(3)4/h5-9,16H,1-4H3,(H2,14,15,17). The first-order valence-electron chi connectivity index (χ1n) is 5.80. The van der Waals surface area contributed by atoms with Gasteiger partial charge in [0, 0.05) is 6.04 Å². The summed E-state index contributed by atoms with van der Waals surface area (Å²) in [5, 5.41) is 15.1. The van der Waals surface area contributed by atoms with E-state index < -0.39 is 0 Å². The van der Waals surface area contributed by atoms with Crippen molar-refractivity contribution in [3.8, 4) is 5.75 Å². The van der Waals surface area contributed by atoms with E-state index in [2.05, 4.69) is 10.6 Å². The molecule has 4 nitrogen and oxygen atoms in total. The third-order valence-corrected chi connectivity index (χ3v) is 2.36. The predicted octanol–water partition coefficient (Wildman–Crippen LogP) is 3.05. The van der Waals surface area contributed by atoms with Crippen LogP contribution >= 0.6 is 0 Å². The van der Waals surface area contributed by atoms with Gasteiger partial charge < -0.3 is 15.7 Å². The second kappa shape index (κ2) is 5.57. The summed E-state index contributed by atoms with van der Waals surface area (Å²) >= 11 is 0. The van der Waals surface area contributed by atoms with Crippen LogP contribution in [0, 0.1) is 0 Å².